The highest BCUT2D eigenvalue weighted by atomic mass is 79.9. The maximum absolute atomic E-state index is 6.32. The first-order valence-electron chi connectivity index (χ1n) is 8.30. The summed E-state index contributed by atoms with van der Waals surface area (Å²) in [6.07, 6.45) is 3.52. The predicted molar refractivity (Wildman–Crippen MR) is 118 cm³/mol. The molecule has 0 aliphatic rings. The van der Waals surface area contributed by atoms with Gasteiger partial charge in [-0.25, -0.2) is 0 Å². The van der Waals surface area contributed by atoms with Gasteiger partial charge in [-0.2, -0.15) is 0 Å². The van der Waals surface area contributed by atoms with Gasteiger partial charge in [0.1, 0.15) is 0 Å². The van der Waals surface area contributed by atoms with E-state index in [9.17, 15) is 0 Å². The fourth-order valence-corrected chi connectivity index (χ4v) is 4.42. The van der Waals surface area contributed by atoms with Crippen molar-refractivity contribution in [1.82, 2.24) is 19.7 Å². The minimum absolute atomic E-state index is 0.621. The minimum Gasteiger partial charge on any atom is -0.270 e. The summed E-state index contributed by atoms with van der Waals surface area (Å²) >= 11 is 17.4. The Morgan fingerprint density at radius 2 is 1.82 bits per heavy atom. The topological polar surface area (TPSA) is 43.6 Å². The number of benzene rings is 2. The van der Waals surface area contributed by atoms with Crippen molar-refractivity contribution in [1.29, 1.82) is 0 Å². The van der Waals surface area contributed by atoms with Crippen molar-refractivity contribution in [3.05, 3.63) is 87.1 Å². The van der Waals surface area contributed by atoms with E-state index in [2.05, 4.69) is 31.1 Å². The largest absolute Gasteiger partial charge is 0.270 e. The molecule has 28 heavy (non-hydrogen) atoms. The maximum atomic E-state index is 6.32. The quantitative estimate of drug-likeness (QED) is 0.291. The smallest absolute Gasteiger partial charge is 0.196 e. The Morgan fingerprint density at radius 1 is 1.00 bits per heavy atom. The molecule has 0 N–H and O–H groups in total. The molecule has 0 spiro atoms. The molecule has 0 aliphatic carbocycles. The van der Waals surface area contributed by atoms with Crippen LogP contribution in [0.1, 0.15) is 5.56 Å². The van der Waals surface area contributed by atoms with E-state index in [1.54, 1.807) is 30.2 Å². The third kappa shape index (κ3) is 4.25. The molecule has 4 rings (SSSR count). The lowest BCUT2D eigenvalue weighted by atomic mass is 10.2. The molecule has 0 unspecified atom stereocenters. The molecule has 2 aromatic carbocycles. The fraction of sp³-hybridized carbons (Fsp3) is 0.0500. The van der Waals surface area contributed by atoms with Crippen LogP contribution < -0.4 is 0 Å². The van der Waals surface area contributed by atoms with Gasteiger partial charge in [-0.1, -0.05) is 57.0 Å². The summed E-state index contributed by atoms with van der Waals surface area (Å²) in [4.78, 5) is 4.21. The maximum Gasteiger partial charge on any atom is 0.196 e. The minimum atomic E-state index is 0.621. The van der Waals surface area contributed by atoms with Crippen LogP contribution in [0.4, 0.5) is 0 Å². The molecular weight excluding hydrogens is 479 g/mol. The van der Waals surface area contributed by atoms with E-state index < -0.39 is 0 Å². The second kappa shape index (κ2) is 8.66. The Balaban J connectivity index is 1.72. The van der Waals surface area contributed by atoms with Crippen LogP contribution in [-0.2, 0) is 5.75 Å². The van der Waals surface area contributed by atoms with Gasteiger partial charge in [0.2, 0.25) is 0 Å². The molecule has 0 fully saturated rings. The molecule has 0 atom stereocenters. The molecule has 0 saturated carbocycles. The Labute approximate surface area is 185 Å². The summed E-state index contributed by atoms with van der Waals surface area (Å²) in [7, 11) is 0. The molecule has 0 radical (unpaired) electrons. The number of rotatable bonds is 5. The van der Waals surface area contributed by atoms with Crippen LogP contribution in [0.3, 0.4) is 0 Å². The molecule has 0 saturated heterocycles. The first-order chi connectivity index (χ1) is 13.6. The lowest BCUT2D eigenvalue weighted by Crippen LogP contribution is -2.00. The van der Waals surface area contributed by atoms with Gasteiger partial charge in [0.25, 0.3) is 0 Å². The standard InChI is InChI=1S/C20H13BrCl2N4S/c21-15-4-7-17(8-5-15)27-19(13-2-1-9-24-11-13)25-26-20(27)28-12-14-3-6-16(22)10-18(14)23/h1-11H,12H2. The Kier molecular flexibility index (Phi) is 6.01. The number of nitrogens with zero attached hydrogens (tertiary/aromatic N) is 4. The summed E-state index contributed by atoms with van der Waals surface area (Å²) in [6, 6.07) is 17.4. The molecule has 4 nitrogen and oxygen atoms in total. The third-order valence-corrected chi connectivity index (χ3v) is 6.10. The third-order valence-electron chi connectivity index (χ3n) is 4.01. The summed E-state index contributed by atoms with van der Waals surface area (Å²) in [6.45, 7) is 0. The highest BCUT2D eigenvalue weighted by Crippen LogP contribution is 2.32. The van der Waals surface area contributed by atoms with E-state index in [1.807, 2.05) is 53.1 Å². The number of hydrogen-bond acceptors (Lipinski definition) is 4. The van der Waals surface area contributed by atoms with Crippen molar-refractivity contribution in [3.8, 4) is 17.1 Å². The van der Waals surface area contributed by atoms with Gasteiger partial charge in [0.05, 0.1) is 0 Å². The Hall–Kier alpha value is -1.86. The van der Waals surface area contributed by atoms with Crippen molar-refractivity contribution in [2.24, 2.45) is 0 Å². The molecule has 2 heterocycles. The van der Waals surface area contributed by atoms with Gasteiger partial charge >= 0.3 is 0 Å². The highest BCUT2D eigenvalue weighted by Gasteiger charge is 2.17. The first-order valence-corrected chi connectivity index (χ1v) is 10.8. The number of pyridine rings is 1. The van der Waals surface area contributed by atoms with E-state index in [0.29, 0.717) is 15.8 Å². The van der Waals surface area contributed by atoms with Crippen molar-refractivity contribution in [3.63, 3.8) is 0 Å². The number of halogens is 3. The molecular formula is C20H13BrCl2N4S. The Morgan fingerprint density at radius 3 is 2.54 bits per heavy atom. The number of aromatic nitrogens is 4. The average Bonchev–Trinajstić information content (AvgIpc) is 3.12. The van der Waals surface area contributed by atoms with Gasteiger partial charge in [-0.05, 0) is 54.1 Å². The van der Waals surface area contributed by atoms with Gasteiger partial charge in [0, 0.05) is 43.9 Å². The molecule has 140 valence electrons. The summed E-state index contributed by atoms with van der Waals surface area (Å²) in [5, 5.41) is 10.9. The van der Waals surface area contributed by atoms with Crippen molar-refractivity contribution < 1.29 is 0 Å². The van der Waals surface area contributed by atoms with Crippen LogP contribution in [0.5, 0.6) is 0 Å². The molecule has 0 amide bonds. The lowest BCUT2D eigenvalue weighted by molar-refractivity contribution is 0.885. The van der Waals surface area contributed by atoms with E-state index in [-0.39, 0.29) is 0 Å². The summed E-state index contributed by atoms with van der Waals surface area (Å²) in [5.41, 5.74) is 2.86. The van der Waals surface area contributed by atoms with Crippen molar-refractivity contribution >= 4 is 50.9 Å². The molecule has 0 aliphatic heterocycles. The zero-order valence-electron chi connectivity index (χ0n) is 14.4. The average molecular weight is 492 g/mol. The van der Waals surface area contributed by atoms with Crippen molar-refractivity contribution in [2.45, 2.75) is 10.9 Å². The zero-order valence-corrected chi connectivity index (χ0v) is 18.3. The van der Waals surface area contributed by atoms with Crippen LogP contribution in [0, 0.1) is 0 Å². The number of hydrogen-bond donors (Lipinski definition) is 0. The van der Waals surface area contributed by atoms with Crippen molar-refractivity contribution in [2.75, 3.05) is 0 Å². The second-order valence-corrected chi connectivity index (χ2v) is 8.59. The van der Waals surface area contributed by atoms with Crippen LogP contribution in [-0.4, -0.2) is 19.7 Å². The van der Waals surface area contributed by atoms with Crippen LogP contribution in [0.2, 0.25) is 10.0 Å². The molecule has 8 heteroatoms. The number of thioether (sulfide) groups is 1. The SMILES string of the molecule is Clc1ccc(CSc2nnc(-c3cccnc3)n2-c2ccc(Br)cc2)c(Cl)c1. The predicted octanol–water partition coefficient (Wildman–Crippen LogP) is 6.69. The summed E-state index contributed by atoms with van der Waals surface area (Å²) < 4.78 is 3.03. The molecule has 2 aromatic heterocycles. The first kappa shape index (κ1) is 19.5. The van der Waals surface area contributed by atoms with E-state index >= 15 is 0 Å². The normalized spacial score (nSPS) is 11.0. The van der Waals surface area contributed by atoms with Gasteiger partial charge in [-0.3, -0.25) is 9.55 Å². The lowest BCUT2D eigenvalue weighted by Gasteiger charge is -2.11. The van der Waals surface area contributed by atoms with E-state index in [4.69, 9.17) is 23.2 Å². The summed E-state index contributed by atoms with van der Waals surface area (Å²) in [5.74, 6) is 1.39. The van der Waals surface area contributed by atoms with Crippen LogP contribution in [0.25, 0.3) is 17.1 Å². The van der Waals surface area contributed by atoms with E-state index in [0.717, 1.165) is 32.3 Å². The monoisotopic (exact) mass is 490 g/mol. The highest BCUT2D eigenvalue weighted by molar-refractivity contribution is 9.10. The van der Waals surface area contributed by atoms with Gasteiger partial charge in [0.15, 0.2) is 11.0 Å². The van der Waals surface area contributed by atoms with E-state index in [1.165, 1.54) is 0 Å². The van der Waals surface area contributed by atoms with Crippen LogP contribution >= 0.6 is 50.9 Å². The fourth-order valence-electron chi connectivity index (χ4n) is 2.65. The Bertz CT molecular complexity index is 1100. The molecule has 0 bridgehead atoms. The second-order valence-electron chi connectivity index (χ2n) is 5.88. The van der Waals surface area contributed by atoms with Gasteiger partial charge in [-0.15, -0.1) is 10.2 Å². The molecule has 4 aromatic rings. The zero-order chi connectivity index (χ0) is 19.5. The van der Waals surface area contributed by atoms with Gasteiger partial charge < -0.3 is 0 Å². The van der Waals surface area contributed by atoms with Crippen LogP contribution in [0.15, 0.2) is 76.6 Å².